The minimum atomic E-state index is 1.01. The second-order valence-corrected chi connectivity index (χ2v) is 3.40. The number of nitrogens with zero attached hydrogens (tertiary/aromatic N) is 2. The summed E-state index contributed by atoms with van der Waals surface area (Å²) in [7, 11) is 1.90. The van der Waals surface area contributed by atoms with Gasteiger partial charge < -0.3 is 5.32 Å². The quantitative estimate of drug-likeness (QED) is 0.782. The Kier molecular flexibility index (Phi) is 2.23. The Morgan fingerprint density at radius 1 is 1.29 bits per heavy atom. The highest BCUT2D eigenvalue weighted by Gasteiger charge is 1.96. The highest BCUT2D eigenvalue weighted by molar-refractivity contribution is 5.58. The maximum absolute atomic E-state index is 4.09. The van der Waals surface area contributed by atoms with E-state index in [1.54, 1.807) is 4.68 Å². The highest BCUT2D eigenvalue weighted by Crippen LogP contribution is 2.16. The van der Waals surface area contributed by atoms with E-state index in [4.69, 9.17) is 0 Å². The first-order valence-corrected chi connectivity index (χ1v) is 4.56. The van der Waals surface area contributed by atoms with Crippen LogP contribution in [0.4, 0.5) is 11.4 Å². The molecule has 0 bridgehead atoms. The van der Waals surface area contributed by atoms with Crippen LogP contribution in [0.25, 0.3) is 0 Å². The fourth-order valence-electron chi connectivity index (χ4n) is 1.38. The molecule has 0 atom stereocenters. The maximum Gasteiger partial charge on any atom is 0.0770 e. The van der Waals surface area contributed by atoms with E-state index < -0.39 is 0 Å². The van der Waals surface area contributed by atoms with Crippen LogP contribution in [0, 0.1) is 6.92 Å². The Balaban J connectivity index is 2.18. The molecule has 1 aromatic carbocycles. The van der Waals surface area contributed by atoms with Crippen LogP contribution in [0.2, 0.25) is 0 Å². The van der Waals surface area contributed by atoms with Gasteiger partial charge in [0, 0.05) is 18.9 Å². The maximum atomic E-state index is 4.09. The van der Waals surface area contributed by atoms with Crippen molar-refractivity contribution in [3.05, 3.63) is 42.2 Å². The number of rotatable bonds is 2. The zero-order valence-electron chi connectivity index (χ0n) is 8.36. The third-order valence-electron chi connectivity index (χ3n) is 2.01. The van der Waals surface area contributed by atoms with E-state index in [2.05, 4.69) is 29.5 Å². The Labute approximate surface area is 83.4 Å². The molecule has 2 aromatic rings. The summed E-state index contributed by atoms with van der Waals surface area (Å²) in [5.41, 5.74) is 3.36. The van der Waals surface area contributed by atoms with E-state index in [0.717, 1.165) is 11.4 Å². The lowest BCUT2D eigenvalue weighted by atomic mass is 10.2. The van der Waals surface area contributed by atoms with Gasteiger partial charge in [-0.1, -0.05) is 12.1 Å². The molecule has 0 spiro atoms. The minimum Gasteiger partial charge on any atom is -0.353 e. The number of anilines is 2. The van der Waals surface area contributed by atoms with Crippen LogP contribution in [0.5, 0.6) is 0 Å². The van der Waals surface area contributed by atoms with Crippen molar-refractivity contribution in [2.45, 2.75) is 6.92 Å². The normalized spacial score (nSPS) is 10.1. The van der Waals surface area contributed by atoms with E-state index in [9.17, 15) is 0 Å². The summed E-state index contributed by atoms with van der Waals surface area (Å²) >= 11 is 0. The third-order valence-corrected chi connectivity index (χ3v) is 2.01. The number of hydrogen-bond donors (Lipinski definition) is 1. The molecule has 3 nitrogen and oxygen atoms in total. The van der Waals surface area contributed by atoms with Gasteiger partial charge in [0.1, 0.15) is 0 Å². The fourth-order valence-corrected chi connectivity index (χ4v) is 1.38. The molecule has 0 aliphatic rings. The molecule has 0 fully saturated rings. The van der Waals surface area contributed by atoms with Gasteiger partial charge in [0.15, 0.2) is 0 Å². The lowest BCUT2D eigenvalue weighted by molar-refractivity contribution is 0.768. The van der Waals surface area contributed by atoms with Crippen molar-refractivity contribution in [1.82, 2.24) is 9.78 Å². The van der Waals surface area contributed by atoms with Crippen molar-refractivity contribution in [2.75, 3.05) is 5.32 Å². The van der Waals surface area contributed by atoms with Gasteiger partial charge in [-0.3, -0.25) is 4.68 Å². The molecule has 0 unspecified atom stereocenters. The average Bonchev–Trinajstić information content (AvgIpc) is 2.51. The molecule has 3 heteroatoms. The standard InChI is InChI=1S/C11H13N3/c1-9-4-3-5-10(6-9)13-11-7-12-14(2)8-11/h3-8,13H,1-2H3. The van der Waals surface area contributed by atoms with Crippen LogP contribution < -0.4 is 5.32 Å². The molecule has 0 aliphatic carbocycles. The van der Waals surface area contributed by atoms with Crippen molar-refractivity contribution in [1.29, 1.82) is 0 Å². The van der Waals surface area contributed by atoms with Gasteiger partial charge in [-0.25, -0.2) is 0 Å². The molecule has 0 amide bonds. The highest BCUT2D eigenvalue weighted by atomic mass is 15.3. The zero-order chi connectivity index (χ0) is 9.97. The van der Waals surface area contributed by atoms with E-state index in [0.29, 0.717) is 0 Å². The van der Waals surface area contributed by atoms with Crippen molar-refractivity contribution in [2.24, 2.45) is 7.05 Å². The molecule has 72 valence electrons. The predicted molar refractivity (Wildman–Crippen MR) is 57.7 cm³/mol. The van der Waals surface area contributed by atoms with Crippen LogP contribution in [0.3, 0.4) is 0 Å². The molecule has 1 aromatic heterocycles. The summed E-state index contributed by atoms with van der Waals surface area (Å²) in [6.45, 7) is 2.08. The van der Waals surface area contributed by atoms with Gasteiger partial charge >= 0.3 is 0 Å². The van der Waals surface area contributed by atoms with Gasteiger partial charge in [-0.05, 0) is 24.6 Å². The molecule has 1 N–H and O–H groups in total. The Morgan fingerprint density at radius 2 is 2.14 bits per heavy atom. The van der Waals surface area contributed by atoms with E-state index in [1.807, 2.05) is 31.6 Å². The lowest BCUT2D eigenvalue weighted by Crippen LogP contribution is -1.89. The van der Waals surface area contributed by atoms with E-state index >= 15 is 0 Å². The lowest BCUT2D eigenvalue weighted by Gasteiger charge is -2.03. The molecule has 14 heavy (non-hydrogen) atoms. The molecular weight excluding hydrogens is 174 g/mol. The smallest absolute Gasteiger partial charge is 0.0770 e. The van der Waals surface area contributed by atoms with E-state index in [1.165, 1.54) is 5.56 Å². The Hall–Kier alpha value is -1.77. The molecule has 0 saturated heterocycles. The molecule has 0 radical (unpaired) electrons. The molecule has 0 saturated carbocycles. The third kappa shape index (κ3) is 1.93. The summed E-state index contributed by atoms with van der Waals surface area (Å²) in [5.74, 6) is 0. The van der Waals surface area contributed by atoms with Crippen molar-refractivity contribution in [3.8, 4) is 0 Å². The minimum absolute atomic E-state index is 1.01. The molecule has 0 aliphatic heterocycles. The van der Waals surface area contributed by atoms with E-state index in [-0.39, 0.29) is 0 Å². The van der Waals surface area contributed by atoms with Gasteiger partial charge in [-0.2, -0.15) is 5.10 Å². The summed E-state index contributed by atoms with van der Waals surface area (Å²) in [5, 5.41) is 7.37. The summed E-state index contributed by atoms with van der Waals surface area (Å²) in [4.78, 5) is 0. The average molecular weight is 187 g/mol. The van der Waals surface area contributed by atoms with Gasteiger partial charge in [0.2, 0.25) is 0 Å². The largest absolute Gasteiger partial charge is 0.353 e. The Bertz CT molecular complexity index is 432. The molecule has 1 heterocycles. The summed E-state index contributed by atoms with van der Waals surface area (Å²) < 4.78 is 1.78. The fraction of sp³-hybridized carbons (Fsp3) is 0.182. The number of aryl methyl sites for hydroxylation is 2. The second-order valence-electron chi connectivity index (χ2n) is 3.40. The predicted octanol–water partition coefficient (Wildman–Crippen LogP) is 2.47. The van der Waals surface area contributed by atoms with Crippen molar-refractivity contribution in [3.63, 3.8) is 0 Å². The first kappa shape index (κ1) is 8.81. The monoisotopic (exact) mass is 187 g/mol. The molecular formula is C11H13N3. The first-order chi connectivity index (χ1) is 6.74. The van der Waals surface area contributed by atoms with Crippen LogP contribution >= 0.6 is 0 Å². The molecule has 2 rings (SSSR count). The topological polar surface area (TPSA) is 29.9 Å². The van der Waals surface area contributed by atoms with Crippen molar-refractivity contribution < 1.29 is 0 Å². The van der Waals surface area contributed by atoms with Gasteiger partial charge in [0.25, 0.3) is 0 Å². The number of hydrogen-bond acceptors (Lipinski definition) is 2. The van der Waals surface area contributed by atoms with Crippen LogP contribution in [0.1, 0.15) is 5.56 Å². The van der Waals surface area contributed by atoms with Crippen LogP contribution in [-0.2, 0) is 7.05 Å². The van der Waals surface area contributed by atoms with Gasteiger partial charge in [0.05, 0.1) is 11.9 Å². The summed E-state index contributed by atoms with van der Waals surface area (Å²) in [6, 6.07) is 8.26. The van der Waals surface area contributed by atoms with Crippen molar-refractivity contribution >= 4 is 11.4 Å². The zero-order valence-corrected chi connectivity index (χ0v) is 8.36. The van der Waals surface area contributed by atoms with Crippen LogP contribution in [-0.4, -0.2) is 9.78 Å². The number of aromatic nitrogens is 2. The van der Waals surface area contributed by atoms with Gasteiger partial charge in [-0.15, -0.1) is 0 Å². The Morgan fingerprint density at radius 3 is 2.79 bits per heavy atom. The SMILES string of the molecule is Cc1cccc(Nc2cnn(C)c2)c1. The summed E-state index contributed by atoms with van der Waals surface area (Å²) in [6.07, 6.45) is 3.75. The van der Waals surface area contributed by atoms with Crippen LogP contribution in [0.15, 0.2) is 36.7 Å². The number of benzene rings is 1. The second kappa shape index (κ2) is 3.54. The number of nitrogens with one attached hydrogen (secondary N) is 1. The first-order valence-electron chi connectivity index (χ1n) is 4.56.